The summed E-state index contributed by atoms with van der Waals surface area (Å²) in [5.74, 6) is -2.52. The fourth-order valence-electron chi connectivity index (χ4n) is 0.785. The van der Waals surface area contributed by atoms with Crippen LogP contribution in [-0.4, -0.2) is 15.3 Å². The fourth-order valence-corrected chi connectivity index (χ4v) is 3.31. The Morgan fingerprint density at radius 3 is 2.24 bits per heavy atom. The number of carbonyl (C=O) groups excluding carboxylic acids is 1. The van der Waals surface area contributed by atoms with Crippen LogP contribution >= 0.6 is 20.5 Å². The van der Waals surface area contributed by atoms with Gasteiger partial charge in [-0.2, -0.15) is 0 Å². The Kier molecular flexibility index (Phi) is 4.26. The van der Waals surface area contributed by atoms with Crippen LogP contribution in [0.2, 0.25) is 0 Å². The van der Waals surface area contributed by atoms with Gasteiger partial charge in [-0.25, -0.2) is 0 Å². The number of carbonyl (C=O) groups is 1. The molecule has 0 heterocycles. The van der Waals surface area contributed by atoms with Crippen molar-refractivity contribution in [1.82, 2.24) is 0 Å². The molecule has 0 aliphatic heterocycles. The van der Waals surface area contributed by atoms with E-state index < -0.39 is 35.8 Å². The van der Waals surface area contributed by atoms with Crippen LogP contribution in [0.4, 0.5) is 13.2 Å². The molecule has 9 heteroatoms. The predicted octanol–water partition coefficient (Wildman–Crippen LogP) is 2.57. The summed E-state index contributed by atoms with van der Waals surface area (Å²) < 4.78 is 38.8. The van der Waals surface area contributed by atoms with Crippen LogP contribution < -0.4 is 0 Å². The van der Waals surface area contributed by atoms with Crippen LogP contribution in [0.25, 0.3) is 0 Å². The first-order valence-corrected chi connectivity index (χ1v) is 6.94. The quantitative estimate of drug-likeness (QED) is 0.358. The van der Waals surface area contributed by atoms with Gasteiger partial charge in [0.2, 0.25) is 0 Å². The average Bonchev–Trinajstić information content (AvgIpc) is 2.25. The molecule has 94 valence electrons. The number of rotatable bonds is 3. The van der Waals surface area contributed by atoms with E-state index in [0.29, 0.717) is 0 Å². The minimum atomic E-state index is -5.22. The second-order valence-corrected chi connectivity index (χ2v) is 6.39. The zero-order valence-electron chi connectivity index (χ0n) is 7.98. The Bertz CT molecular complexity index is 423. The maximum absolute atomic E-state index is 11.9. The van der Waals surface area contributed by atoms with Crippen molar-refractivity contribution in [3.63, 3.8) is 0 Å². The standard InChI is InChI=1S/C8H5F3INO4/c9-8(10,11)7(14)17-12(13(15)16)6-4-2-1-3-5-6/h1-5H. The van der Waals surface area contributed by atoms with E-state index in [-0.39, 0.29) is 3.57 Å². The van der Waals surface area contributed by atoms with Crippen LogP contribution in [0.5, 0.6) is 0 Å². The maximum atomic E-state index is 11.9. The summed E-state index contributed by atoms with van der Waals surface area (Å²) >= 11 is -3.86. The molecular weight excluding hydrogens is 358 g/mol. The summed E-state index contributed by atoms with van der Waals surface area (Å²) in [4.78, 5) is 21.1. The molecule has 0 unspecified atom stereocenters. The number of halogens is 4. The molecule has 0 spiro atoms. The summed E-state index contributed by atoms with van der Waals surface area (Å²) in [7, 11) is 0. The monoisotopic (exact) mass is 363 g/mol. The van der Waals surface area contributed by atoms with Gasteiger partial charge in [-0.05, 0) is 0 Å². The van der Waals surface area contributed by atoms with Crippen molar-refractivity contribution < 1.29 is 24.2 Å². The molecule has 0 bridgehead atoms. The van der Waals surface area contributed by atoms with E-state index in [4.69, 9.17) is 0 Å². The molecule has 5 nitrogen and oxygen atoms in total. The van der Waals surface area contributed by atoms with E-state index in [1.807, 2.05) is 0 Å². The zero-order valence-corrected chi connectivity index (χ0v) is 10.1. The van der Waals surface area contributed by atoms with Gasteiger partial charge in [0.1, 0.15) is 0 Å². The van der Waals surface area contributed by atoms with Gasteiger partial charge in [-0.15, -0.1) is 0 Å². The van der Waals surface area contributed by atoms with Gasteiger partial charge in [0.25, 0.3) is 0 Å². The summed E-state index contributed by atoms with van der Waals surface area (Å²) in [6.07, 6.45) is -5.22. The second kappa shape index (κ2) is 5.29. The third-order valence-electron chi connectivity index (χ3n) is 1.42. The van der Waals surface area contributed by atoms with Crippen molar-refractivity contribution in [2.24, 2.45) is 0 Å². The number of alkyl halides is 3. The Hall–Kier alpha value is -1.39. The van der Waals surface area contributed by atoms with Crippen LogP contribution in [0, 0.1) is 13.7 Å². The van der Waals surface area contributed by atoms with Crippen molar-refractivity contribution in [3.05, 3.63) is 44.0 Å². The van der Waals surface area contributed by atoms with Gasteiger partial charge in [-0.3, -0.25) is 0 Å². The number of nitro groups is 1. The van der Waals surface area contributed by atoms with Gasteiger partial charge in [0, 0.05) is 0 Å². The van der Waals surface area contributed by atoms with E-state index in [9.17, 15) is 28.1 Å². The van der Waals surface area contributed by atoms with Gasteiger partial charge in [0.05, 0.1) is 0 Å². The van der Waals surface area contributed by atoms with Crippen LogP contribution in [0.1, 0.15) is 0 Å². The third kappa shape index (κ3) is 3.84. The van der Waals surface area contributed by atoms with Crippen molar-refractivity contribution >= 4 is 26.5 Å². The summed E-state index contributed by atoms with van der Waals surface area (Å²) in [5, 5.41) is 10.6. The molecule has 0 radical (unpaired) electrons. The third-order valence-corrected chi connectivity index (χ3v) is 4.74. The Morgan fingerprint density at radius 2 is 1.82 bits per heavy atom. The molecule has 0 atom stereocenters. The van der Waals surface area contributed by atoms with E-state index in [1.54, 1.807) is 6.07 Å². The fraction of sp³-hybridized carbons (Fsp3) is 0.125. The molecule has 17 heavy (non-hydrogen) atoms. The Labute approximate surface area is 101 Å². The molecule has 0 aliphatic carbocycles. The average molecular weight is 363 g/mol. The van der Waals surface area contributed by atoms with Crippen molar-refractivity contribution in [1.29, 1.82) is 0 Å². The van der Waals surface area contributed by atoms with Gasteiger partial charge < -0.3 is 0 Å². The van der Waals surface area contributed by atoms with E-state index in [2.05, 4.69) is 3.07 Å². The summed E-state index contributed by atoms with van der Waals surface area (Å²) in [6, 6.07) is 6.91. The molecule has 0 saturated carbocycles. The number of hydrogen-bond donors (Lipinski definition) is 0. The van der Waals surface area contributed by atoms with Crippen molar-refractivity contribution in [3.8, 4) is 0 Å². The summed E-state index contributed by atoms with van der Waals surface area (Å²) in [5.41, 5.74) is 0. The van der Waals surface area contributed by atoms with Crippen molar-refractivity contribution in [2.45, 2.75) is 6.18 Å². The molecule has 1 rings (SSSR count). The van der Waals surface area contributed by atoms with Crippen molar-refractivity contribution in [2.75, 3.05) is 0 Å². The molecule has 0 aromatic heterocycles. The van der Waals surface area contributed by atoms with Gasteiger partial charge in [0.15, 0.2) is 0 Å². The predicted molar refractivity (Wildman–Crippen MR) is 58.3 cm³/mol. The first kappa shape index (κ1) is 13.7. The Balaban J connectivity index is 2.90. The molecule has 1 aromatic rings. The number of benzene rings is 1. The Morgan fingerprint density at radius 1 is 1.29 bits per heavy atom. The van der Waals surface area contributed by atoms with Crippen LogP contribution in [-0.2, 0) is 7.86 Å². The zero-order chi connectivity index (χ0) is 13.1. The second-order valence-electron chi connectivity index (χ2n) is 2.60. The first-order valence-electron chi connectivity index (χ1n) is 4.01. The first-order chi connectivity index (χ1) is 7.82. The minimum absolute atomic E-state index is 0.0132. The molecule has 1 aromatic carbocycles. The molecule has 0 amide bonds. The topological polar surface area (TPSA) is 69.4 Å². The van der Waals surface area contributed by atoms with E-state index >= 15 is 0 Å². The van der Waals surface area contributed by atoms with E-state index in [1.165, 1.54) is 24.3 Å². The molecule has 0 fully saturated rings. The van der Waals surface area contributed by atoms with Gasteiger partial charge >= 0.3 is 101 Å². The van der Waals surface area contributed by atoms with Crippen LogP contribution in [0.15, 0.2) is 30.3 Å². The van der Waals surface area contributed by atoms with Gasteiger partial charge in [-0.1, -0.05) is 0 Å². The number of hydrogen-bond acceptors (Lipinski definition) is 4. The molecule has 0 N–H and O–H groups in total. The van der Waals surface area contributed by atoms with Crippen LogP contribution in [0.3, 0.4) is 0 Å². The summed E-state index contributed by atoms with van der Waals surface area (Å²) in [6.45, 7) is 0. The molecule has 0 aliphatic rings. The molecular formula is C8H5F3INO4. The SMILES string of the molecule is O=C(OI(c1ccccc1)[N+](=O)[O-])C(F)(F)F. The van der Waals surface area contributed by atoms with E-state index in [0.717, 1.165) is 0 Å². The normalized spacial score (nSPS) is 11.8. The molecule has 0 saturated heterocycles. The number of nitrogens with zero attached hydrogens (tertiary/aromatic N) is 1.